The van der Waals surface area contributed by atoms with Crippen LogP contribution >= 0.6 is 47.8 Å². The van der Waals surface area contributed by atoms with Gasteiger partial charge in [-0.3, -0.25) is 0 Å². The van der Waals surface area contributed by atoms with Crippen molar-refractivity contribution in [1.29, 1.82) is 0 Å². The van der Waals surface area contributed by atoms with Gasteiger partial charge in [-0.1, -0.05) is 59.9 Å². The molecule has 0 saturated carbocycles. The van der Waals surface area contributed by atoms with Crippen LogP contribution in [0.2, 0.25) is 0 Å². The summed E-state index contributed by atoms with van der Waals surface area (Å²) in [6.07, 6.45) is 0.406. The van der Waals surface area contributed by atoms with Crippen molar-refractivity contribution < 1.29 is 8.78 Å². The Labute approximate surface area is 148 Å². The van der Waals surface area contributed by atoms with Crippen LogP contribution in [0.4, 0.5) is 8.78 Å². The normalized spacial score (nSPS) is 11.7. The molecule has 0 N–H and O–H groups in total. The first-order valence-electron chi connectivity index (χ1n) is 6.33. The van der Waals surface area contributed by atoms with E-state index in [2.05, 4.69) is 47.8 Å². The quantitative estimate of drug-likeness (QED) is 0.459. The highest BCUT2D eigenvalue weighted by Gasteiger charge is 2.31. The van der Waals surface area contributed by atoms with Crippen LogP contribution in [0.15, 0.2) is 46.9 Å². The van der Waals surface area contributed by atoms with E-state index in [0.717, 1.165) is 16.1 Å². The molecule has 0 unspecified atom stereocenters. The first-order chi connectivity index (χ1) is 10.0. The van der Waals surface area contributed by atoms with Crippen LogP contribution in [0.3, 0.4) is 0 Å². The minimum atomic E-state index is -0.418. The molecule has 0 aliphatic rings. The van der Waals surface area contributed by atoms with Crippen molar-refractivity contribution >= 4 is 47.8 Å². The number of halogens is 5. The van der Waals surface area contributed by atoms with Crippen LogP contribution in [0.5, 0.6) is 0 Å². The van der Waals surface area contributed by atoms with Gasteiger partial charge in [-0.2, -0.15) is 0 Å². The van der Waals surface area contributed by atoms with Gasteiger partial charge in [0, 0.05) is 20.5 Å². The maximum absolute atomic E-state index is 14.0. The zero-order valence-corrected chi connectivity index (χ0v) is 15.8. The van der Waals surface area contributed by atoms with Gasteiger partial charge in [-0.05, 0) is 47.9 Å². The Kier molecular flexibility index (Phi) is 5.97. The molecule has 21 heavy (non-hydrogen) atoms. The molecule has 2 aromatic rings. The molecule has 0 spiro atoms. The third kappa shape index (κ3) is 3.93. The SMILES string of the molecule is Fc1ccc(F)c(CC(CBr)(CBr)c2cccc(Br)c2)c1. The van der Waals surface area contributed by atoms with Gasteiger partial charge in [0.15, 0.2) is 0 Å². The van der Waals surface area contributed by atoms with Gasteiger partial charge in [0.05, 0.1) is 0 Å². The Morgan fingerprint density at radius 2 is 1.67 bits per heavy atom. The third-order valence-corrected chi connectivity index (χ3v) is 6.13. The molecule has 0 heterocycles. The summed E-state index contributed by atoms with van der Waals surface area (Å²) in [6.45, 7) is 0. The fraction of sp³-hybridized carbons (Fsp3) is 0.250. The fourth-order valence-electron chi connectivity index (χ4n) is 2.25. The third-order valence-electron chi connectivity index (χ3n) is 3.49. The second kappa shape index (κ2) is 7.34. The van der Waals surface area contributed by atoms with E-state index in [1.54, 1.807) is 0 Å². The summed E-state index contributed by atoms with van der Waals surface area (Å²) in [5, 5.41) is 1.27. The van der Waals surface area contributed by atoms with E-state index >= 15 is 0 Å². The topological polar surface area (TPSA) is 0 Å². The predicted octanol–water partition coefficient (Wildman–Crippen LogP) is 6.00. The molecule has 0 aliphatic carbocycles. The minimum absolute atomic E-state index is 0.349. The van der Waals surface area contributed by atoms with Crippen LogP contribution < -0.4 is 0 Å². The van der Waals surface area contributed by atoms with E-state index in [-0.39, 0.29) is 11.2 Å². The van der Waals surface area contributed by atoms with Gasteiger partial charge in [-0.25, -0.2) is 8.78 Å². The van der Waals surface area contributed by atoms with Crippen molar-refractivity contribution in [3.8, 4) is 0 Å². The highest BCUT2D eigenvalue weighted by atomic mass is 79.9. The Bertz CT molecular complexity index is 625. The van der Waals surface area contributed by atoms with Crippen molar-refractivity contribution in [3.05, 3.63) is 69.7 Å². The van der Waals surface area contributed by atoms with Crippen molar-refractivity contribution in [2.75, 3.05) is 10.7 Å². The lowest BCUT2D eigenvalue weighted by Gasteiger charge is -2.31. The number of rotatable bonds is 5. The molecule has 0 radical (unpaired) electrons. The van der Waals surface area contributed by atoms with Crippen molar-refractivity contribution in [3.63, 3.8) is 0 Å². The summed E-state index contributed by atoms with van der Waals surface area (Å²) in [5.74, 6) is -0.795. The Morgan fingerprint density at radius 3 is 2.29 bits per heavy atom. The zero-order chi connectivity index (χ0) is 15.5. The van der Waals surface area contributed by atoms with Crippen LogP contribution in [-0.4, -0.2) is 10.7 Å². The summed E-state index contributed by atoms with van der Waals surface area (Å²) >= 11 is 10.5. The van der Waals surface area contributed by atoms with Gasteiger partial charge >= 0.3 is 0 Å². The van der Waals surface area contributed by atoms with Gasteiger partial charge in [-0.15, -0.1) is 0 Å². The summed E-state index contributed by atoms with van der Waals surface area (Å²) < 4.78 is 28.3. The minimum Gasteiger partial charge on any atom is -0.207 e. The van der Waals surface area contributed by atoms with Crippen molar-refractivity contribution in [2.24, 2.45) is 0 Å². The first-order valence-corrected chi connectivity index (χ1v) is 9.36. The molecule has 5 heteroatoms. The highest BCUT2D eigenvalue weighted by molar-refractivity contribution is 9.10. The number of alkyl halides is 2. The van der Waals surface area contributed by atoms with E-state index in [1.165, 1.54) is 12.1 Å². The molecule has 0 saturated heterocycles. The van der Waals surface area contributed by atoms with E-state index in [0.29, 0.717) is 22.6 Å². The first kappa shape index (κ1) is 17.1. The number of hydrogen-bond donors (Lipinski definition) is 0. The van der Waals surface area contributed by atoms with Crippen LogP contribution in [0.1, 0.15) is 11.1 Å². The summed E-state index contributed by atoms with van der Waals surface area (Å²) in [7, 11) is 0. The van der Waals surface area contributed by atoms with E-state index < -0.39 is 5.82 Å². The van der Waals surface area contributed by atoms with Gasteiger partial charge in [0.2, 0.25) is 0 Å². The molecule has 0 aliphatic heterocycles. The molecule has 0 atom stereocenters. The average Bonchev–Trinajstić information content (AvgIpc) is 2.48. The van der Waals surface area contributed by atoms with Crippen LogP contribution in [-0.2, 0) is 11.8 Å². The molecule has 0 fully saturated rings. The summed E-state index contributed by atoms with van der Waals surface area (Å²) in [4.78, 5) is 0. The maximum Gasteiger partial charge on any atom is 0.126 e. The van der Waals surface area contributed by atoms with Crippen LogP contribution in [0, 0.1) is 11.6 Å². The van der Waals surface area contributed by atoms with Gasteiger partial charge < -0.3 is 0 Å². The van der Waals surface area contributed by atoms with Crippen molar-refractivity contribution in [1.82, 2.24) is 0 Å². The molecular formula is C16H13Br3F2. The zero-order valence-electron chi connectivity index (χ0n) is 11.1. The molecule has 0 bridgehead atoms. The summed E-state index contributed by atoms with van der Waals surface area (Å²) in [6, 6.07) is 11.5. The smallest absolute Gasteiger partial charge is 0.126 e. The average molecular weight is 483 g/mol. The van der Waals surface area contributed by atoms with Crippen LogP contribution in [0.25, 0.3) is 0 Å². The Morgan fingerprint density at radius 1 is 0.952 bits per heavy atom. The van der Waals surface area contributed by atoms with E-state index in [1.807, 2.05) is 24.3 Å². The molecular weight excluding hydrogens is 470 g/mol. The lowest BCUT2D eigenvalue weighted by Crippen LogP contribution is -2.33. The van der Waals surface area contributed by atoms with Gasteiger partial charge in [0.1, 0.15) is 11.6 Å². The molecule has 2 rings (SSSR count). The summed E-state index contributed by atoms with van der Waals surface area (Å²) in [5.41, 5.74) is 1.10. The fourth-order valence-corrected chi connectivity index (χ4v) is 4.62. The highest BCUT2D eigenvalue weighted by Crippen LogP contribution is 2.35. The molecule has 0 amide bonds. The lowest BCUT2D eigenvalue weighted by atomic mass is 9.79. The Hall–Kier alpha value is -0.260. The largest absolute Gasteiger partial charge is 0.207 e. The standard InChI is InChI=1S/C16H13Br3F2/c17-9-16(10-18,12-2-1-3-13(19)7-12)8-11-6-14(20)4-5-15(11)21/h1-7H,8-10H2. The molecule has 0 nitrogen and oxygen atoms in total. The lowest BCUT2D eigenvalue weighted by molar-refractivity contribution is 0.516. The number of benzene rings is 2. The monoisotopic (exact) mass is 480 g/mol. The van der Waals surface area contributed by atoms with E-state index in [9.17, 15) is 8.78 Å². The molecule has 112 valence electrons. The van der Waals surface area contributed by atoms with E-state index in [4.69, 9.17) is 0 Å². The predicted molar refractivity (Wildman–Crippen MR) is 93.5 cm³/mol. The Balaban J connectivity index is 2.45. The molecule has 0 aromatic heterocycles. The molecule has 2 aromatic carbocycles. The van der Waals surface area contributed by atoms with Gasteiger partial charge in [0.25, 0.3) is 0 Å². The second-order valence-corrected chi connectivity index (χ2v) is 7.01. The van der Waals surface area contributed by atoms with Crippen molar-refractivity contribution in [2.45, 2.75) is 11.8 Å². The second-order valence-electron chi connectivity index (χ2n) is 4.97. The number of hydrogen-bond acceptors (Lipinski definition) is 0. The maximum atomic E-state index is 14.0.